The van der Waals surface area contributed by atoms with E-state index in [1.54, 1.807) is 0 Å². The molecule has 1 N–H and O–H groups in total. The first-order valence-electron chi connectivity index (χ1n) is 4.56. The SMILES string of the molecule is O=C(O)[C@H]1CN1c1ccc(C(F)(F)F)cc1. The molecule has 1 aliphatic rings. The highest BCUT2D eigenvalue weighted by Gasteiger charge is 2.41. The van der Waals surface area contributed by atoms with Gasteiger partial charge in [0.2, 0.25) is 0 Å². The molecule has 1 aromatic carbocycles. The van der Waals surface area contributed by atoms with Crippen LogP contribution in [0.5, 0.6) is 0 Å². The number of carbonyl (C=O) groups is 1. The zero-order valence-electron chi connectivity index (χ0n) is 8.03. The molecule has 1 heterocycles. The van der Waals surface area contributed by atoms with Crippen LogP contribution >= 0.6 is 0 Å². The van der Waals surface area contributed by atoms with Crippen molar-refractivity contribution in [3.8, 4) is 0 Å². The molecule has 86 valence electrons. The van der Waals surface area contributed by atoms with Crippen molar-refractivity contribution < 1.29 is 23.1 Å². The molecule has 0 saturated carbocycles. The number of hydrogen-bond donors (Lipinski definition) is 1. The second kappa shape index (κ2) is 3.40. The number of anilines is 1. The molecule has 0 unspecified atom stereocenters. The fourth-order valence-corrected chi connectivity index (χ4v) is 1.48. The maximum atomic E-state index is 12.2. The van der Waals surface area contributed by atoms with Gasteiger partial charge in [-0.25, -0.2) is 4.79 Å². The van der Waals surface area contributed by atoms with Gasteiger partial charge in [-0.05, 0) is 24.3 Å². The Morgan fingerprint density at radius 2 is 1.88 bits per heavy atom. The van der Waals surface area contributed by atoms with Crippen molar-refractivity contribution in [3.05, 3.63) is 29.8 Å². The normalized spacial score (nSPS) is 19.7. The molecule has 0 bridgehead atoms. The van der Waals surface area contributed by atoms with Crippen molar-refractivity contribution in [3.63, 3.8) is 0 Å². The Morgan fingerprint density at radius 1 is 1.31 bits per heavy atom. The van der Waals surface area contributed by atoms with E-state index < -0.39 is 23.8 Å². The molecule has 3 nitrogen and oxygen atoms in total. The van der Waals surface area contributed by atoms with Crippen LogP contribution in [-0.4, -0.2) is 23.7 Å². The summed E-state index contributed by atoms with van der Waals surface area (Å²) in [5.41, 5.74) is -0.231. The summed E-state index contributed by atoms with van der Waals surface area (Å²) in [4.78, 5) is 12.1. The number of hydrogen-bond acceptors (Lipinski definition) is 2. The third-order valence-electron chi connectivity index (χ3n) is 2.42. The monoisotopic (exact) mass is 231 g/mol. The van der Waals surface area contributed by atoms with Crippen LogP contribution in [-0.2, 0) is 11.0 Å². The van der Waals surface area contributed by atoms with Crippen molar-refractivity contribution in [2.45, 2.75) is 12.2 Å². The number of carboxylic acids is 1. The molecule has 0 aliphatic carbocycles. The van der Waals surface area contributed by atoms with Crippen molar-refractivity contribution in [1.29, 1.82) is 0 Å². The van der Waals surface area contributed by atoms with Gasteiger partial charge in [0.05, 0.1) is 12.1 Å². The summed E-state index contributed by atoms with van der Waals surface area (Å²) in [6, 6.07) is 3.87. The topological polar surface area (TPSA) is 40.3 Å². The molecule has 2 rings (SSSR count). The Balaban J connectivity index is 2.13. The van der Waals surface area contributed by atoms with E-state index in [0.717, 1.165) is 12.1 Å². The van der Waals surface area contributed by atoms with Crippen LogP contribution in [0.15, 0.2) is 24.3 Å². The second-order valence-corrected chi connectivity index (χ2v) is 3.55. The smallest absolute Gasteiger partial charge is 0.416 e. The molecule has 1 fully saturated rings. The van der Waals surface area contributed by atoms with Gasteiger partial charge in [-0.3, -0.25) is 0 Å². The summed E-state index contributed by atoms with van der Waals surface area (Å²) >= 11 is 0. The molecular weight excluding hydrogens is 223 g/mol. The van der Waals surface area contributed by atoms with Crippen molar-refractivity contribution in [1.82, 2.24) is 0 Å². The maximum Gasteiger partial charge on any atom is 0.416 e. The third kappa shape index (κ3) is 1.95. The molecule has 16 heavy (non-hydrogen) atoms. The number of rotatable bonds is 2. The van der Waals surface area contributed by atoms with Gasteiger partial charge in [-0.2, -0.15) is 13.2 Å². The Bertz CT molecular complexity index is 413. The number of alkyl halides is 3. The van der Waals surface area contributed by atoms with Crippen molar-refractivity contribution >= 4 is 11.7 Å². The molecule has 1 atom stereocenters. The van der Waals surface area contributed by atoms with Gasteiger partial charge in [0.15, 0.2) is 0 Å². The number of aliphatic carboxylic acids is 1. The van der Waals surface area contributed by atoms with Gasteiger partial charge in [0.25, 0.3) is 0 Å². The highest BCUT2D eigenvalue weighted by Crippen LogP contribution is 2.33. The molecular formula is C10H8F3NO2. The summed E-state index contributed by atoms with van der Waals surface area (Å²) in [5, 5.41) is 8.65. The summed E-state index contributed by atoms with van der Waals surface area (Å²) in [5.74, 6) is -0.958. The predicted molar refractivity (Wildman–Crippen MR) is 50.2 cm³/mol. The van der Waals surface area contributed by atoms with Crippen LogP contribution in [0.2, 0.25) is 0 Å². The van der Waals surface area contributed by atoms with E-state index in [2.05, 4.69) is 0 Å². The summed E-state index contributed by atoms with van der Waals surface area (Å²) in [6.45, 7) is 0.348. The lowest BCUT2D eigenvalue weighted by Gasteiger charge is -2.08. The van der Waals surface area contributed by atoms with Gasteiger partial charge in [-0.1, -0.05) is 0 Å². The Kier molecular flexibility index (Phi) is 2.29. The molecule has 0 aromatic heterocycles. The average molecular weight is 231 g/mol. The van der Waals surface area contributed by atoms with Crippen molar-refractivity contribution in [2.75, 3.05) is 11.4 Å². The lowest BCUT2D eigenvalue weighted by molar-refractivity contribution is -0.138. The van der Waals surface area contributed by atoms with Crippen LogP contribution in [0.1, 0.15) is 5.56 Å². The molecule has 1 aliphatic heterocycles. The highest BCUT2D eigenvalue weighted by molar-refractivity contribution is 5.84. The molecule has 0 radical (unpaired) electrons. The maximum absolute atomic E-state index is 12.2. The largest absolute Gasteiger partial charge is 0.480 e. The summed E-state index contributed by atoms with van der Waals surface area (Å²) in [7, 11) is 0. The first-order valence-corrected chi connectivity index (χ1v) is 4.56. The highest BCUT2D eigenvalue weighted by atomic mass is 19.4. The summed E-state index contributed by atoms with van der Waals surface area (Å²) in [6.07, 6.45) is -4.36. The Labute approximate surface area is 89.1 Å². The van der Waals surface area contributed by atoms with E-state index in [1.807, 2.05) is 0 Å². The van der Waals surface area contributed by atoms with E-state index in [9.17, 15) is 18.0 Å². The van der Waals surface area contributed by atoms with Gasteiger partial charge in [-0.15, -0.1) is 0 Å². The van der Waals surface area contributed by atoms with Gasteiger partial charge in [0.1, 0.15) is 6.04 Å². The minimum atomic E-state index is -4.36. The van der Waals surface area contributed by atoms with Crippen LogP contribution in [0.25, 0.3) is 0 Å². The first-order chi connectivity index (χ1) is 7.39. The van der Waals surface area contributed by atoms with E-state index >= 15 is 0 Å². The van der Waals surface area contributed by atoms with Crippen LogP contribution in [0.3, 0.4) is 0 Å². The third-order valence-corrected chi connectivity index (χ3v) is 2.42. The lowest BCUT2D eigenvalue weighted by Crippen LogP contribution is -2.11. The number of benzene rings is 1. The standard InChI is InChI=1S/C10H8F3NO2/c11-10(12,13)6-1-3-7(4-2-6)14-5-8(14)9(15)16/h1-4,8H,5H2,(H,15,16)/t8-,14?/m1/s1. The number of nitrogens with zero attached hydrogens (tertiary/aromatic N) is 1. The fraction of sp³-hybridized carbons (Fsp3) is 0.300. The van der Waals surface area contributed by atoms with E-state index in [0.29, 0.717) is 12.2 Å². The van der Waals surface area contributed by atoms with E-state index in [1.165, 1.54) is 17.0 Å². The van der Waals surface area contributed by atoms with E-state index in [4.69, 9.17) is 5.11 Å². The van der Waals surface area contributed by atoms with Gasteiger partial charge < -0.3 is 10.0 Å². The molecule has 1 saturated heterocycles. The quantitative estimate of drug-likeness (QED) is 0.791. The average Bonchev–Trinajstić information content (AvgIpc) is 2.96. The van der Waals surface area contributed by atoms with E-state index in [-0.39, 0.29) is 0 Å². The van der Waals surface area contributed by atoms with Gasteiger partial charge in [0, 0.05) is 5.69 Å². The first kappa shape index (κ1) is 10.8. The van der Waals surface area contributed by atoms with Crippen molar-refractivity contribution in [2.24, 2.45) is 0 Å². The number of halogens is 3. The second-order valence-electron chi connectivity index (χ2n) is 3.55. The summed E-state index contributed by atoms with van der Waals surface area (Å²) < 4.78 is 36.7. The minimum absolute atomic E-state index is 0.348. The number of carboxylic acid groups (broad SMARTS) is 1. The Morgan fingerprint density at radius 3 is 2.25 bits per heavy atom. The Hall–Kier alpha value is -1.72. The zero-order chi connectivity index (χ0) is 11.9. The fourth-order valence-electron chi connectivity index (χ4n) is 1.48. The zero-order valence-corrected chi connectivity index (χ0v) is 8.03. The predicted octanol–water partition coefficient (Wildman–Crippen LogP) is 1.98. The molecule has 1 aromatic rings. The molecule has 0 amide bonds. The minimum Gasteiger partial charge on any atom is -0.480 e. The van der Waals surface area contributed by atoms with Gasteiger partial charge >= 0.3 is 12.1 Å². The van der Waals surface area contributed by atoms with Crippen LogP contribution in [0.4, 0.5) is 18.9 Å². The van der Waals surface area contributed by atoms with Crippen LogP contribution in [0, 0.1) is 0 Å². The molecule has 0 spiro atoms. The molecule has 6 heteroatoms. The lowest BCUT2D eigenvalue weighted by atomic mass is 10.2. The van der Waals surface area contributed by atoms with Crippen LogP contribution < -0.4 is 4.90 Å².